The van der Waals surface area contributed by atoms with Gasteiger partial charge in [-0.05, 0) is 72.4 Å². The van der Waals surface area contributed by atoms with Crippen molar-refractivity contribution in [3.05, 3.63) is 63.1 Å². The largest absolute Gasteiger partial charge is 0.483 e. The number of halogens is 2. The quantitative estimate of drug-likeness (QED) is 0.525. The van der Waals surface area contributed by atoms with Crippen molar-refractivity contribution in [2.24, 2.45) is 0 Å². The molecule has 2 aromatic carbocycles. The number of nitrogens with zero attached hydrogens (tertiary/aromatic N) is 1. The Kier molecular flexibility index (Phi) is 9.18. The third kappa shape index (κ3) is 6.74. The van der Waals surface area contributed by atoms with Gasteiger partial charge in [-0.25, -0.2) is 0 Å². The van der Waals surface area contributed by atoms with Crippen LogP contribution >= 0.6 is 27.5 Å². The molecule has 2 rings (SSSR count). The lowest BCUT2D eigenvalue weighted by Gasteiger charge is -2.30. The number of nitrogens with one attached hydrogen (secondary N) is 1. The van der Waals surface area contributed by atoms with Gasteiger partial charge in [0.2, 0.25) is 5.91 Å². The van der Waals surface area contributed by atoms with Crippen LogP contribution in [0.3, 0.4) is 0 Å². The average Bonchev–Trinajstić information content (AvgIpc) is 2.71. The lowest BCUT2D eigenvalue weighted by atomic mass is 10.1. The highest BCUT2D eigenvalue weighted by molar-refractivity contribution is 9.10. The van der Waals surface area contributed by atoms with Gasteiger partial charge in [0.25, 0.3) is 5.91 Å². The number of amides is 2. The van der Waals surface area contributed by atoms with Crippen molar-refractivity contribution in [3.63, 3.8) is 0 Å². The van der Waals surface area contributed by atoms with Gasteiger partial charge in [0.15, 0.2) is 6.61 Å². The van der Waals surface area contributed by atoms with Gasteiger partial charge in [0.1, 0.15) is 11.8 Å². The summed E-state index contributed by atoms with van der Waals surface area (Å²) >= 11 is 9.35. The van der Waals surface area contributed by atoms with Crippen molar-refractivity contribution in [1.82, 2.24) is 10.2 Å². The molecule has 0 fully saturated rings. The Balaban J connectivity index is 2.19. The summed E-state index contributed by atoms with van der Waals surface area (Å²) in [5.41, 5.74) is 2.05. The molecule has 5 nitrogen and oxygen atoms in total. The maximum absolute atomic E-state index is 13.1. The predicted molar refractivity (Wildman–Crippen MR) is 124 cm³/mol. The molecule has 30 heavy (non-hydrogen) atoms. The van der Waals surface area contributed by atoms with E-state index in [4.69, 9.17) is 16.3 Å². The van der Waals surface area contributed by atoms with Crippen molar-refractivity contribution in [2.45, 2.75) is 52.7 Å². The summed E-state index contributed by atoms with van der Waals surface area (Å²) in [5.74, 6) is 0.0613. The van der Waals surface area contributed by atoms with E-state index in [1.165, 1.54) is 0 Å². The van der Waals surface area contributed by atoms with Crippen molar-refractivity contribution in [1.29, 1.82) is 0 Å². The van der Waals surface area contributed by atoms with Gasteiger partial charge in [0.05, 0.1) is 4.47 Å². The van der Waals surface area contributed by atoms with Gasteiger partial charge >= 0.3 is 0 Å². The summed E-state index contributed by atoms with van der Waals surface area (Å²) < 4.78 is 6.37. The molecular formula is C23H28BrClN2O3. The lowest BCUT2D eigenvalue weighted by Crippen LogP contribution is -2.50. The molecule has 2 amide bonds. The summed E-state index contributed by atoms with van der Waals surface area (Å²) in [6.07, 6.45) is 0.817. The molecule has 0 unspecified atom stereocenters. The van der Waals surface area contributed by atoms with Gasteiger partial charge in [-0.1, -0.05) is 42.8 Å². The number of benzene rings is 2. The van der Waals surface area contributed by atoms with Crippen LogP contribution < -0.4 is 10.1 Å². The Bertz CT molecular complexity index is 891. The Labute approximate surface area is 191 Å². The maximum Gasteiger partial charge on any atom is 0.261 e. The van der Waals surface area contributed by atoms with Crippen molar-refractivity contribution < 1.29 is 14.3 Å². The van der Waals surface area contributed by atoms with Crippen molar-refractivity contribution in [3.8, 4) is 5.75 Å². The summed E-state index contributed by atoms with van der Waals surface area (Å²) in [4.78, 5) is 27.4. The first-order valence-corrected chi connectivity index (χ1v) is 11.1. The van der Waals surface area contributed by atoms with Crippen LogP contribution in [0.5, 0.6) is 5.75 Å². The maximum atomic E-state index is 13.1. The molecule has 0 aromatic heterocycles. The second-order valence-corrected chi connectivity index (χ2v) is 8.60. The topological polar surface area (TPSA) is 58.6 Å². The zero-order valence-electron chi connectivity index (χ0n) is 17.7. The highest BCUT2D eigenvalue weighted by Gasteiger charge is 2.27. The smallest absolute Gasteiger partial charge is 0.261 e. The number of aryl methyl sites for hydroxylation is 1. The van der Waals surface area contributed by atoms with E-state index in [1.54, 1.807) is 30.0 Å². The molecule has 1 N–H and O–H groups in total. The second kappa shape index (κ2) is 11.4. The average molecular weight is 496 g/mol. The Morgan fingerprint density at radius 3 is 2.53 bits per heavy atom. The van der Waals surface area contributed by atoms with Gasteiger partial charge in [-0.3, -0.25) is 9.59 Å². The van der Waals surface area contributed by atoms with Gasteiger partial charge in [-0.15, -0.1) is 0 Å². The molecule has 0 radical (unpaired) electrons. The third-order valence-corrected chi connectivity index (χ3v) is 5.87. The molecule has 0 bridgehead atoms. The minimum atomic E-state index is -0.636. The minimum absolute atomic E-state index is 0.0386. The van der Waals surface area contributed by atoms with Gasteiger partial charge in [0, 0.05) is 17.6 Å². The molecule has 0 heterocycles. The minimum Gasteiger partial charge on any atom is -0.483 e. The first-order chi connectivity index (χ1) is 14.2. The monoisotopic (exact) mass is 494 g/mol. The zero-order valence-corrected chi connectivity index (χ0v) is 20.1. The Morgan fingerprint density at radius 1 is 1.20 bits per heavy atom. The van der Waals surface area contributed by atoms with E-state index in [2.05, 4.69) is 21.2 Å². The van der Waals surface area contributed by atoms with Crippen LogP contribution in [0.2, 0.25) is 5.02 Å². The first-order valence-electron chi connectivity index (χ1n) is 9.95. The summed E-state index contributed by atoms with van der Waals surface area (Å²) in [6, 6.07) is 12.3. The summed E-state index contributed by atoms with van der Waals surface area (Å²) in [6.45, 7) is 7.82. The van der Waals surface area contributed by atoms with E-state index in [0.717, 1.165) is 17.5 Å². The van der Waals surface area contributed by atoms with Crippen LogP contribution in [0.15, 0.2) is 46.9 Å². The highest BCUT2D eigenvalue weighted by Crippen LogP contribution is 2.28. The fraction of sp³-hybridized carbons (Fsp3) is 0.391. The number of carbonyl (C=O) groups excluding carboxylic acids is 2. The summed E-state index contributed by atoms with van der Waals surface area (Å²) in [7, 11) is 0. The van der Waals surface area contributed by atoms with E-state index in [-0.39, 0.29) is 24.5 Å². The van der Waals surface area contributed by atoms with Gasteiger partial charge < -0.3 is 15.0 Å². The molecule has 7 heteroatoms. The molecular weight excluding hydrogens is 468 g/mol. The molecule has 0 aliphatic heterocycles. The number of hydrogen-bond donors (Lipinski definition) is 1. The van der Waals surface area contributed by atoms with Crippen LogP contribution in [0.25, 0.3) is 0 Å². The van der Waals surface area contributed by atoms with Crippen LogP contribution in [-0.4, -0.2) is 35.4 Å². The van der Waals surface area contributed by atoms with Crippen LogP contribution in [-0.2, 0) is 16.1 Å². The molecule has 0 saturated carbocycles. The molecule has 2 atom stereocenters. The second-order valence-electron chi connectivity index (χ2n) is 7.31. The van der Waals surface area contributed by atoms with Crippen LogP contribution in [0, 0.1) is 6.92 Å². The molecule has 0 aliphatic carbocycles. The van der Waals surface area contributed by atoms with E-state index in [0.29, 0.717) is 21.8 Å². The number of hydrogen-bond acceptors (Lipinski definition) is 3. The van der Waals surface area contributed by atoms with Crippen molar-refractivity contribution in [2.75, 3.05) is 6.61 Å². The molecule has 0 saturated heterocycles. The van der Waals surface area contributed by atoms with E-state index in [9.17, 15) is 9.59 Å². The molecule has 2 aromatic rings. The standard InChI is InChI=1S/C23H28BrClN2O3/c1-5-16(3)26-23(29)17(4)27(13-18-9-7-6-8-15(18)2)22(28)14-30-21-11-10-19(25)12-20(21)24/h6-12,16-17H,5,13-14H2,1-4H3,(H,26,29)/t16-,17+/m0/s1. The third-order valence-electron chi connectivity index (χ3n) is 5.02. The number of ether oxygens (including phenoxy) is 1. The fourth-order valence-electron chi connectivity index (χ4n) is 2.83. The normalized spacial score (nSPS) is 12.7. The van der Waals surface area contributed by atoms with Crippen LogP contribution in [0.1, 0.15) is 38.3 Å². The molecule has 0 aliphatic rings. The highest BCUT2D eigenvalue weighted by atomic mass is 79.9. The fourth-order valence-corrected chi connectivity index (χ4v) is 3.63. The van der Waals surface area contributed by atoms with Crippen LogP contribution in [0.4, 0.5) is 0 Å². The Morgan fingerprint density at radius 2 is 1.90 bits per heavy atom. The van der Waals surface area contributed by atoms with E-state index in [1.807, 2.05) is 45.0 Å². The molecule has 0 spiro atoms. The van der Waals surface area contributed by atoms with Gasteiger partial charge in [-0.2, -0.15) is 0 Å². The van der Waals surface area contributed by atoms with Crippen molar-refractivity contribution >= 4 is 39.3 Å². The first kappa shape index (κ1) is 24.2. The zero-order chi connectivity index (χ0) is 22.3. The lowest BCUT2D eigenvalue weighted by molar-refractivity contribution is -0.142. The summed E-state index contributed by atoms with van der Waals surface area (Å²) in [5, 5.41) is 3.53. The SMILES string of the molecule is CC[C@H](C)NC(=O)[C@@H](C)N(Cc1ccccc1C)C(=O)COc1ccc(Cl)cc1Br. The number of rotatable bonds is 9. The van der Waals surface area contributed by atoms with E-state index < -0.39 is 6.04 Å². The predicted octanol–water partition coefficient (Wildman–Crippen LogP) is 5.12. The van der Waals surface area contributed by atoms with E-state index >= 15 is 0 Å². The Hall–Kier alpha value is -2.05. The number of carbonyl (C=O) groups is 2. The molecule has 162 valence electrons.